The fourth-order valence-corrected chi connectivity index (χ4v) is 1.15. The van der Waals surface area contributed by atoms with E-state index in [9.17, 15) is 8.78 Å². The highest BCUT2D eigenvalue weighted by Crippen LogP contribution is 2.19. The molecule has 0 fully saturated rings. The molecule has 0 aromatic carbocycles. The zero-order chi connectivity index (χ0) is 8.27. The molecule has 1 aromatic heterocycles. The largest absolute Gasteiger partial charge is 0.464 e. The number of rotatable bonds is 3. The lowest BCUT2D eigenvalue weighted by molar-refractivity contribution is 0.0817. The van der Waals surface area contributed by atoms with Crippen LogP contribution in [0.25, 0.3) is 0 Å². The van der Waals surface area contributed by atoms with Crippen LogP contribution in [0.3, 0.4) is 0 Å². The van der Waals surface area contributed by atoms with E-state index in [1.165, 1.54) is 11.3 Å². The highest BCUT2D eigenvalue weighted by atomic mass is 32.1. The number of alkyl halides is 2. The molecular weight excluding hydrogens is 172 g/mol. The van der Waals surface area contributed by atoms with Gasteiger partial charge in [-0.3, -0.25) is 0 Å². The van der Waals surface area contributed by atoms with E-state index in [1.54, 1.807) is 6.20 Å². The minimum Gasteiger partial charge on any atom is -0.464 e. The molecule has 0 saturated heterocycles. The van der Waals surface area contributed by atoms with Gasteiger partial charge in [-0.1, -0.05) is 11.3 Å². The van der Waals surface area contributed by atoms with Gasteiger partial charge in [0.05, 0.1) is 0 Å². The zero-order valence-electron chi connectivity index (χ0n) is 5.88. The highest BCUT2D eigenvalue weighted by molar-refractivity contribution is 7.13. The van der Waals surface area contributed by atoms with Crippen molar-refractivity contribution in [1.29, 1.82) is 0 Å². The minimum absolute atomic E-state index is 0.308. The van der Waals surface area contributed by atoms with E-state index in [4.69, 9.17) is 0 Å². The fraction of sp³-hybridized carbons (Fsp3) is 0.500. The zero-order valence-corrected chi connectivity index (χ0v) is 6.70. The first-order valence-corrected chi connectivity index (χ1v) is 3.83. The molecule has 1 rings (SSSR count). The Kier molecular flexibility index (Phi) is 2.76. The highest BCUT2D eigenvalue weighted by Gasteiger charge is 2.05. The predicted molar refractivity (Wildman–Crippen MR) is 38.4 cm³/mol. The molecule has 0 aliphatic heterocycles. The molecule has 2 nitrogen and oxygen atoms in total. The normalized spacial score (nSPS) is 10.5. The quantitative estimate of drug-likeness (QED) is 0.708. The van der Waals surface area contributed by atoms with Gasteiger partial charge in [0.15, 0.2) is 6.61 Å². The Bertz CT molecular complexity index is 226. The number of ether oxygens (including phenoxy) is 1. The second-order valence-electron chi connectivity index (χ2n) is 1.94. The van der Waals surface area contributed by atoms with Crippen molar-refractivity contribution in [2.75, 3.05) is 6.61 Å². The molecule has 0 atom stereocenters. The monoisotopic (exact) mass is 179 g/mol. The van der Waals surface area contributed by atoms with Gasteiger partial charge in [0, 0.05) is 11.1 Å². The number of aryl methyl sites for hydroxylation is 1. The summed E-state index contributed by atoms with van der Waals surface area (Å²) in [5, 5.41) is 0.308. The van der Waals surface area contributed by atoms with Gasteiger partial charge in [-0.15, -0.1) is 0 Å². The molecule has 0 aliphatic rings. The van der Waals surface area contributed by atoms with E-state index in [-0.39, 0.29) is 0 Å². The van der Waals surface area contributed by atoms with Gasteiger partial charge in [0.2, 0.25) is 0 Å². The van der Waals surface area contributed by atoms with Crippen LogP contribution in [0.15, 0.2) is 6.20 Å². The van der Waals surface area contributed by atoms with E-state index in [1.807, 2.05) is 6.92 Å². The molecule has 1 aromatic rings. The van der Waals surface area contributed by atoms with Crippen LogP contribution in [0.4, 0.5) is 8.78 Å². The van der Waals surface area contributed by atoms with E-state index < -0.39 is 13.0 Å². The summed E-state index contributed by atoms with van der Waals surface area (Å²) in [5.74, 6) is 0. The van der Waals surface area contributed by atoms with Gasteiger partial charge < -0.3 is 4.74 Å². The fourth-order valence-electron chi connectivity index (χ4n) is 0.535. The summed E-state index contributed by atoms with van der Waals surface area (Å²) in [6.07, 6.45) is -0.843. The maximum atomic E-state index is 11.6. The lowest BCUT2D eigenvalue weighted by atomic mass is 10.7. The number of hydrogen-bond donors (Lipinski definition) is 0. The van der Waals surface area contributed by atoms with Gasteiger partial charge in [0.25, 0.3) is 11.6 Å². The Balaban J connectivity index is 2.39. The lowest BCUT2D eigenvalue weighted by Gasteiger charge is -1.98. The van der Waals surface area contributed by atoms with Crippen molar-refractivity contribution in [3.8, 4) is 5.19 Å². The van der Waals surface area contributed by atoms with Crippen LogP contribution in [0.2, 0.25) is 0 Å². The Hall–Kier alpha value is -0.710. The van der Waals surface area contributed by atoms with E-state index in [0.717, 1.165) is 4.88 Å². The van der Waals surface area contributed by atoms with Crippen molar-refractivity contribution in [3.05, 3.63) is 11.1 Å². The smallest absolute Gasteiger partial charge is 0.273 e. The van der Waals surface area contributed by atoms with Crippen LogP contribution in [0.5, 0.6) is 5.19 Å². The van der Waals surface area contributed by atoms with Crippen LogP contribution in [-0.4, -0.2) is 18.0 Å². The molecule has 0 saturated carbocycles. The maximum Gasteiger partial charge on any atom is 0.273 e. The third kappa shape index (κ3) is 2.80. The van der Waals surface area contributed by atoms with Gasteiger partial charge in [-0.25, -0.2) is 13.8 Å². The standard InChI is InChI=1S/C6H7F2NOS/c1-4-2-9-6(11-4)10-3-5(7)8/h2,5H,3H2,1H3. The lowest BCUT2D eigenvalue weighted by Crippen LogP contribution is -2.06. The number of halogens is 2. The average molecular weight is 179 g/mol. The van der Waals surface area contributed by atoms with Crippen molar-refractivity contribution >= 4 is 11.3 Å². The minimum atomic E-state index is -2.43. The second-order valence-corrected chi connectivity index (χ2v) is 3.14. The summed E-state index contributed by atoms with van der Waals surface area (Å²) in [4.78, 5) is 4.70. The van der Waals surface area contributed by atoms with E-state index >= 15 is 0 Å². The molecule has 5 heteroatoms. The van der Waals surface area contributed by atoms with Crippen LogP contribution in [0, 0.1) is 6.92 Å². The number of aromatic nitrogens is 1. The molecule has 11 heavy (non-hydrogen) atoms. The molecule has 0 bridgehead atoms. The number of thiazole rings is 1. The third-order valence-corrected chi connectivity index (χ3v) is 1.76. The average Bonchev–Trinajstić information content (AvgIpc) is 2.31. The Morgan fingerprint density at radius 1 is 1.73 bits per heavy atom. The van der Waals surface area contributed by atoms with Crippen molar-refractivity contribution in [3.63, 3.8) is 0 Å². The van der Waals surface area contributed by atoms with Crippen molar-refractivity contribution in [2.45, 2.75) is 13.3 Å². The van der Waals surface area contributed by atoms with Crippen LogP contribution in [0.1, 0.15) is 4.88 Å². The molecule has 0 radical (unpaired) electrons. The number of hydrogen-bond acceptors (Lipinski definition) is 3. The molecule has 0 unspecified atom stereocenters. The Morgan fingerprint density at radius 2 is 2.45 bits per heavy atom. The van der Waals surface area contributed by atoms with Crippen LogP contribution < -0.4 is 4.74 Å². The molecule has 0 spiro atoms. The first-order chi connectivity index (χ1) is 5.18. The third-order valence-electron chi connectivity index (χ3n) is 0.933. The van der Waals surface area contributed by atoms with E-state index in [2.05, 4.69) is 9.72 Å². The summed E-state index contributed by atoms with van der Waals surface area (Å²) >= 11 is 1.26. The molecule has 0 amide bonds. The molecular formula is C6H7F2NOS. The topological polar surface area (TPSA) is 22.1 Å². The number of nitrogens with zero attached hydrogens (tertiary/aromatic N) is 1. The molecule has 1 heterocycles. The summed E-state index contributed by atoms with van der Waals surface area (Å²) in [7, 11) is 0. The molecule has 0 aliphatic carbocycles. The summed E-state index contributed by atoms with van der Waals surface area (Å²) in [5.41, 5.74) is 0. The summed E-state index contributed by atoms with van der Waals surface area (Å²) in [6.45, 7) is 1.26. The van der Waals surface area contributed by atoms with Crippen molar-refractivity contribution in [2.24, 2.45) is 0 Å². The van der Waals surface area contributed by atoms with Crippen LogP contribution >= 0.6 is 11.3 Å². The van der Waals surface area contributed by atoms with Crippen LogP contribution in [-0.2, 0) is 0 Å². The van der Waals surface area contributed by atoms with Gasteiger partial charge in [-0.05, 0) is 6.92 Å². The first kappa shape index (κ1) is 8.39. The Labute approximate surface area is 66.8 Å². The maximum absolute atomic E-state index is 11.6. The Morgan fingerprint density at radius 3 is 2.91 bits per heavy atom. The van der Waals surface area contributed by atoms with E-state index in [0.29, 0.717) is 5.19 Å². The summed E-state index contributed by atoms with van der Waals surface area (Å²) in [6, 6.07) is 0. The SMILES string of the molecule is Cc1cnc(OCC(F)F)s1. The predicted octanol–water partition coefficient (Wildman–Crippen LogP) is 2.10. The molecule has 62 valence electrons. The first-order valence-electron chi connectivity index (χ1n) is 3.02. The van der Waals surface area contributed by atoms with Gasteiger partial charge in [0.1, 0.15) is 0 Å². The van der Waals surface area contributed by atoms with Crippen molar-refractivity contribution < 1.29 is 13.5 Å². The van der Waals surface area contributed by atoms with Crippen molar-refractivity contribution in [1.82, 2.24) is 4.98 Å². The molecule has 0 N–H and O–H groups in total. The van der Waals surface area contributed by atoms with Gasteiger partial charge >= 0.3 is 0 Å². The summed E-state index contributed by atoms with van der Waals surface area (Å²) < 4.78 is 27.8. The second kappa shape index (κ2) is 3.61. The van der Waals surface area contributed by atoms with Gasteiger partial charge in [-0.2, -0.15) is 0 Å².